The Morgan fingerprint density at radius 3 is 2.48 bits per heavy atom. The van der Waals surface area contributed by atoms with E-state index in [0.29, 0.717) is 0 Å². The summed E-state index contributed by atoms with van der Waals surface area (Å²) >= 11 is 0. The maximum Gasteiger partial charge on any atom is 0.412 e. The number of amides is 1. The van der Waals surface area contributed by atoms with E-state index >= 15 is 0 Å². The summed E-state index contributed by atoms with van der Waals surface area (Å²) in [6.45, 7) is 10.5. The van der Waals surface area contributed by atoms with Crippen LogP contribution < -0.4 is 5.32 Å². The third-order valence-corrected chi connectivity index (χ3v) is 3.64. The van der Waals surface area contributed by atoms with Gasteiger partial charge < -0.3 is 9.47 Å². The highest BCUT2D eigenvalue weighted by Crippen LogP contribution is 2.14. The zero-order valence-electron chi connectivity index (χ0n) is 14.4. The third kappa shape index (κ3) is 7.01. The first kappa shape index (κ1) is 17.8. The van der Waals surface area contributed by atoms with E-state index in [9.17, 15) is 4.79 Å². The third-order valence-electron chi connectivity index (χ3n) is 3.64. The molecule has 0 saturated carbocycles. The molecular weight excluding hydrogens is 292 g/mol. The van der Waals surface area contributed by atoms with Crippen LogP contribution in [-0.2, 0) is 15.9 Å². The van der Waals surface area contributed by atoms with Crippen molar-refractivity contribution in [3.63, 3.8) is 0 Å². The van der Waals surface area contributed by atoms with Gasteiger partial charge in [-0.25, -0.2) is 4.79 Å². The van der Waals surface area contributed by atoms with Crippen LogP contribution in [0.25, 0.3) is 0 Å². The number of morpholine rings is 1. The van der Waals surface area contributed by atoms with Gasteiger partial charge in [0.05, 0.1) is 13.2 Å². The molecule has 5 heteroatoms. The topological polar surface area (TPSA) is 50.8 Å². The molecule has 0 aliphatic carbocycles. The van der Waals surface area contributed by atoms with Crippen molar-refractivity contribution in [2.24, 2.45) is 0 Å². The number of ether oxygens (including phenoxy) is 2. The Labute approximate surface area is 139 Å². The monoisotopic (exact) mass is 320 g/mol. The summed E-state index contributed by atoms with van der Waals surface area (Å²) in [5.74, 6) is 0. The molecule has 5 nitrogen and oxygen atoms in total. The van der Waals surface area contributed by atoms with E-state index in [1.165, 1.54) is 5.56 Å². The molecule has 0 radical (unpaired) electrons. The summed E-state index contributed by atoms with van der Waals surface area (Å²) in [6, 6.07) is 7.97. The number of carbonyl (C=O) groups is 1. The quantitative estimate of drug-likeness (QED) is 0.904. The molecule has 2 rings (SSSR count). The maximum atomic E-state index is 11.7. The van der Waals surface area contributed by atoms with Crippen LogP contribution in [0.2, 0.25) is 0 Å². The van der Waals surface area contributed by atoms with Crippen molar-refractivity contribution in [2.75, 3.05) is 38.2 Å². The molecule has 0 bridgehead atoms. The average molecular weight is 320 g/mol. The normalized spacial score (nSPS) is 16.1. The second-order valence-corrected chi connectivity index (χ2v) is 6.88. The largest absolute Gasteiger partial charge is 0.444 e. The van der Waals surface area contributed by atoms with Gasteiger partial charge >= 0.3 is 6.09 Å². The highest BCUT2D eigenvalue weighted by molar-refractivity contribution is 5.84. The summed E-state index contributed by atoms with van der Waals surface area (Å²) in [6.07, 6.45) is 1.76. The molecule has 1 saturated heterocycles. The van der Waals surface area contributed by atoms with Crippen LogP contribution in [0.1, 0.15) is 32.8 Å². The summed E-state index contributed by atoms with van der Waals surface area (Å²) in [4.78, 5) is 14.2. The van der Waals surface area contributed by atoms with Crippen molar-refractivity contribution < 1.29 is 14.3 Å². The molecular formula is C18H28N2O3. The number of benzene rings is 1. The Morgan fingerprint density at radius 2 is 1.87 bits per heavy atom. The summed E-state index contributed by atoms with van der Waals surface area (Å²) in [7, 11) is 0. The van der Waals surface area contributed by atoms with Gasteiger partial charge in [-0.15, -0.1) is 0 Å². The van der Waals surface area contributed by atoms with Crippen molar-refractivity contribution >= 4 is 11.8 Å². The molecule has 1 aliphatic rings. The number of hydrogen-bond acceptors (Lipinski definition) is 4. The van der Waals surface area contributed by atoms with Gasteiger partial charge in [-0.3, -0.25) is 10.2 Å². The molecule has 23 heavy (non-hydrogen) atoms. The Balaban J connectivity index is 1.72. The predicted molar refractivity (Wildman–Crippen MR) is 91.9 cm³/mol. The molecule has 1 fully saturated rings. The molecule has 1 heterocycles. The van der Waals surface area contributed by atoms with Crippen LogP contribution in [0.15, 0.2) is 24.3 Å². The molecule has 128 valence electrons. The van der Waals surface area contributed by atoms with E-state index in [-0.39, 0.29) is 0 Å². The molecule has 1 aromatic carbocycles. The second-order valence-electron chi connectivity index (χ2n) is 6.88. The predicted octanol–water partition coefficient (Wildman–Crippen LogP) is 3.30. The number of anilines is 1. The minimum absolute atomic E-state index is 0.419. The lowest BCUT2D eigenvalue weighted by Gasteiger charge is -2.26. The summed E-state index contributed by atoms with van der Waals surface area (Å²) < 4.78 is 10.6. The van der Waals surface area contributed by atoms with Crippen molar-refractivity contribution in [3.05, 3.63) is 29.8 Å². The van der Waals surface area contributed by atoms with Gasteiger partial charge in [0.2, 0.25) is 0 Å². The van der Waals surface area contributed by atoms with E-state index in [2.05, 4.69) is 22.3 Å². The summed E-state index contributed by atoms with van der Waals surface area (Å²) in [5.41, 5.74) is 1.56. The van der Waals surface area contributed by atoms with Crippen LogP contribution >= 0.6 is 0 Å². The first-order valence-electron chi connectivity index (χ1n) is 8.31. The second kappa shape index (κ2) is 8.31. The Morgan fingerprint density at radius 1 is 1.22 bits per heavy atom. The van der Waals surface area contributed by atoms with Crippen LogP contribution in [0.3, 0.4) is 0 Å². The number of hydrogen-bond donors (Lipinski definition) is 1. The number of rotatable bonds is 5. The summed E-state index contributed by atoms with van der Waals surface area (Å²) in [5, 5.41) is 2.75. The zero-order chi connectivity index (χ0) is 16.7. The lowest BCUT2D eigenvalue weighted by Crippen LogP contribution is -2.36. The molecule has 0 spiro atoms. The van der Waals surface area contributed by atoms with Gasteiger partial charge in [0.25, 0.3) is 0 Å². The smallest absolute Gasteiger partial charge is 0.412 e. The lowest BCUT2D eigenvalue weighted by molar-refractivity contribution is 0.0374. The molecule has 1 aliphatic heterocycles. The van der Waals surface area contributed by atoms with Crippen molar-refractivity contribution in [1.82, 2.24) is 4.90 Å². The van der Waals surface area contributed by atoms with E-state index in [1.54, 1.807) is 0 Å². The van der Waals surface area contributed by atoms with Crippen LogP contribution in [-0.4, -0.2) is 49.4 Å². The van der Waals surface area contributed by atoms with Gasteiger partial charge in [0.1, 0.15) is 5.60 Å². The van der Waals surface area contributed by atoms with Crippen molar-refractivity contribution in [3.8, 4) is 0 Å². The maximum absolute atomic E-state index is 11.7. The first-order chi connectivity index (χ1) is 10.9. The fourth-order valence-corrected chi connectivity index (χ4v) is 2.51. The van der Waals surface area contributed by atoms with Gasteiger partial charge in [0.15, 0.2) is 0 Å². The van der Waals surface area contributed by atoms with Crippen molar-refractivity contribution in [2.45, 2.75) is 39.2 Å². The van der Waals surface area contributed by atoms with Gasteiger partial charge in [-0.05, 0) is 57.9 Å². The number of aryl methyl sites for hydroxylation is 1. The van der Waals surface area contributed by atoms with Crippen LogP contribution in [0.4, 0.5) is 10.5 Å². The number of nitrogens with zero attached hydrogens (tertiary/aromatic N) is 1. The number of carbonyl (C=O) groups excluding carboxylic acids is 1. The van der Waals surface area contributed by atoms with Gasteiger partial charge in [0, 0.05) is 18.8 Å². The average Bonchev–Trinajstić information content (AvgIpc) is 2.48. The van der Waals surface area contributed by atoms with E-state index in [1.807, 2.05) is 32.9 Å². The Bertz CT molecular complexity index is 488. The van der Waals surface area contributed by atoms with E-state index in [0.717, 1.165) is 51.4 Å². The Hall–Kier alpha value is -1.59. The van der Waals surface area contributed by atoms with Gasteiger partial charge in [-0.1, -0.05) is 12.1 Å². The highest BCUT2D eigenvalue weighted by Gasteiger charge is 2.16. The fraction of sp³-hybridized carbons (Fsp3) is 0.611. The molecule has 0 unspecified atom stereocenters. The fourth-order valence-electron chi connectivity index (χ4n) is 2.51. The molecule has 1 aromatic rings. The first-order valence-corrected chi connectivity index (χ1v) is 8.31. The zero-order valence-corrected chi connectivity index (χ0v) is 14.4. The highest BCUT2D eigenvalue weighted by atomic mass is 16.6. The standard InChI is InChI=1S/C18H28N2O3/c1-18(2,3)23-17(21)19-16-8-6-15(7-9-16)5-4-10-20-11-13-22-14-12-20/h6-9H,4-5,10-14H2,1-3H3,(H,19,21). The molecule has 1 N–H and O–H groups in total. The van der Waals surface area contributed by atoms with Crippen molar-refractivity contribution in [1.29, 1.82) is 0 Å². The lowest BCUT2D eigenvalue weighted by atomic mass is 10.1. The molecule has 1 amide bonds. The SMILES string of the molecule is CC(C)(C)OC(=O)Nc1ccc(CCCN2CCOCC2)cc1. The minimum atomic E-state index is -0.483. The molecule has 0 aromatic heterocycles. The van der Waals surface area contributed by atoms with Gasteiger partial charge in [-0.2, -0.15) is 0 Å². The van der Waals surface area contributed by atoms with Crippen LogP contribution in [0.5, 0.6) is 0 Å². The van der Waals surface area contributed by atoms with E-state index in [4.69, 9.17) is 9.47 Å². The molecule has 0 atom stereocenters. The Kier molecular flexibility index (Phi) is 6.42. The minimum Gasteiger partial charge on any atom is -0.444 e. The van der Waals surface area contributed by atoms with E-state index < -0.39 is 11.7 Å². The number of nitrogens with one attached hydrogen (secondary N) is 1. The van der Waals surface area contributed by atoms with Crippen LogP contribution in [0, 0.1) is 0 Å².